The van der Waals surface area contributed by atoms with Crippen molar-refractivity contribution >= 4 is 47.8 Å². The molecule has 0 unspecified atom stereocenters. The number of hydrogen-bond acceptors (Lipinski definition) is 12. The van der Waals surface area contributed by atoms with Crippen molar-refractivity contribution in [3.05, 3.63) is 88.5 Å². The molecular formula is C55H72F3LuN7O11. The standard InChI is InChI=1S/C55H72F3N7O11.Lu/c1-38-40(10-7-11-45(38)41-8-3-2-4-9-41)17-18-43-31-48(44(30-46(43)55(56,57)58)33-65-20-6-5-12-47(65)54(74)75)76-29-19-59-53(73)42-15-13-39(14-16-42)32-60-49(66)34-61-21-23-62(35-50(67)68)25-27-64(37-52(71)72)28-26-63(24-22-61)36-51(69)70;/h2-4,7-11,17-18,30-31,39,42,47H,5-6,12-16,19-29,32-37H2,1H3,(H,59,73)(H,60,66)(H,67,68)(H,69,70)(H,71,72)(H,74,75);/b18-17+;/t39?,42?,47-;/m0./s1. The number of benzene rings is 3. The van der Waals surface area contributed by atoms with Crippen LogP contribution in [0.5, 0.6) is 5.75 Å². The number of carboxylic acids is 4. The maximum atomic E-state index is 14.9. The number of hydrogen-bond donors (Lipinski definition) is 6. The third-order valence-corrected chi connectivity index (χ3v) is 14.6. The van der Waals surface area contributed by atoms with Crippen molar-refractivity contribution in [3.8, 4) is 16.9 Å². The predicted octanol–water partition coefficient (Wildman–Crippen LogP) is 5.18. The monoisotopic (exact) mass is 1240 g/mol. The first-order valence-corrected chi connectivity index (χ1v) is 26.1. The number of amides is 2. The molecule has 1 atom stereocenters. The Hall–Kier alpha value is -5.16. The van der Waals surface area contributed by atoms with Gasteiger partial charge in [-0.2, -0.15) is 13.2 Å². The van der Waals surface area contributed by atoms with Crippen molar-refractivity contribution in [2.75, 3.05) is 105 Å². The predicted molar refractivity (Wildman–Crippen MR) is 278 cm³/mol. The van der Waals surface area contributed by atoms with Crippen LogP contribution in [0.4, 0.5) is 13.2 Å². The Kier molecular flexibility index (Phi) is 25.1. The van der Waals surface area contributed by atoms with Crippen LogP contribution in [0.15, 0.2) is 60.7 Å². The van der Waals surface area contributed by atoms with Gasteiger partial charge in [-0.15, -0.1) is 0 Å². The Balaban J connectivity index is 0.0000109. The molecule has 0 bridgehead atoms. The molecule has 2 heterocycles. The minimum absolute atomic E-state index is 0. The van der Waals surface area contributed by atoms with Gasteiger partial charge in [0.1, 0.15) is 18.4 Å². The van der Waals surface area contributed by atoms with E-state index in [1.807, 2.05) is 60.4 Å². The number of ether oxygens (including phenoxy) is 1. The third kappa shape index (κ3) is 20.2. The molecule has 77 heavy (non-hydrogen) atoms. The molecule has 3 fully saturated rings. The van der Waals surface area contributed by atoms with E-state index in [1.165, 1.54) is 12.1 Å². The van der Waals surface area contributed by atoms with Crippen molar-refractivity contribution in [3.63, 3.8) is 0 Å². The number of carboxylic acid groups (broad SMARTS) is 4. The molecule has 1 radical (unpaired) electrons. The van der Waals surface area contributed by atoms with Crippen LogP contribution >= 0.6 is 0 Å². The largest absolute Gasteiger partial charge is 0.491 e. The molecule has 6 N–H and O–H groups in total. The number of alkyl halides is 3. The van der Waals surface area contributed by atoms with Gasteiger partial charge in [0.2, 0.25) is 11.8 Å². The SMILES string of the molecule is Cc1c(/C=C/c2cc(OCCNC(=O)C3CCC(CNC(=O)CN4CCN(CC(=O)O)CCN(CC(=O)O)CCN(CC(=O)O)CC4)CC3)c(CN3CCCC[C@H]3C(=O)O)cc2C(F)(F)F)cccc1-c1ccccc1.[Lu]. The van der Waals surface area contributed by atoms with Gasteiger partial charge in [0.05, 0.1) is 38.3 Å². The average molecular weight is 1240 g/mol. The summed E-state index contributed by atoms with van der Waals surface area (Å²) < 4.78 is 50.8. The first-order chi connectivity index (χ1) is 36.3. The van der Waals surface area contributed by atoms with Crippen molar-refractivity contribution in [2.45, 2.75) is 70.6 Å². The van der Waals surface area contributed by atoms with Crippen LogP contribution in [-0.2, 0) is 41.5 Å². The number of rotatable bonds is 21. The molecule has 1 aliphatic carbocycles. The molecular weight excluding hydrogens is 1170 g/mol. The molecule has 429 valence electrons. The van der Waals surface area contributed by atoms with E-state index in [0.717, 1.165) is 28.3 Å². The van der Waals surface area contributed by atoms with Gasteiger partial charge in [0.25, 0.3) is 0 Å². The summed E-state index contributed by atoms with van der Waals surface area (Å²) in [6.07, 6.45) is 2.55. The quantitative estimate of drug-likeness (QED) is 0.0596. The zero-order valence-corrected chi connectivity index (χ0v) is 45.1. The topological polar surface area (TPSA) is 233 Å². The zero-order chi connectivity index (χ0) is 54.8. The Bertz CT molecular complexity index is 2460. The van der Waals surface area contributed by atoms with Gasteiger partial charge in [0.15, 0.2) is 0 Å². The van der Waals surface area contributed by atoms with Crippen molar-refractivity contribution in [1.29, 1.82) is 0 Å². The number of piperidine rings is 1. The molecule has 3 aliphatic rings. The van der Waals surface area contributed by atoms with E-state index in [2.05, 4.69) is 10.6 Å². The van der Waals surface area contributed by atoms with Crippen molar-refractivity contribution in [1.82, 2.24) is 35.1 Å². The molecule has 2 amide bonds. The van der Waals surface area contributed by atoms with Crippen LogP contribution in [0, 0.1) is 55.6 Å². The Morgan fingerprint density at radius 2 is 1.22 bits per heavy atom. The van der Waals surface area contributed by atoms with E-state index in [4.69, 9.17) is 4.74 Å². The summed E-state index contributed by atoms with van der Waals surface area (Å²) in [5.74, 6) is -4.66. The van der Waals surface area contributed by atoms with E-state index in [-0.39, 0.29) is 163 Å². The molecule has 6 rings (SSSR count). The summed E-state index contributed by atoms with van der Waals surface area (Å²) in [5.41, 5.74) is 2.72. The number of halogens is 3. The number of aliphatic carboxylic acids is 4. The van der Waals surface area contributed by atoms with Gasteiger partial charge >= 0.3 is 30.1 Å². The average Bonchev–Trinajstić information content (AvgIpc) is 3.37. The second kappa shape index (κ2) is 30.8. The van der Waals surface area contributed by atoms with Gasteiger partial charge in [-0.3, -0.25) is 53.3 Å². The number of nitrogens with zero attached hydrogens (tertiary/aromatic N) is 5. The molecule has 3 aromatic rings. The fourth-order valence-corrected chi connectivity index (χ4v) is 10.3. The van der Waals surface area contributed by atoms with Crippen LogP contribution in [0.25, 0.3) is 23.3 Å². The van der Waals surface area contributed by atoms with E-state index < -0.39 is 41.7 Å². The van der Waals surface area contributed by atoms with Crippen LogP contribution < -0.4 is 15.4 Å². The Labute approximate surface area is 476 Å². The third-order valence-electron chi connectivity index (χ3n) is 14.6. The van der Waals surface area contributed by atoms with E-state index in [0.29, 0.717) is 71.1 Å². The zero-order valence-electron chi connectivity index (χ0n) is 43.4. The summed E-state index contributed by atoms with van der Waals surface area (Å²) in [5, 5.41) is 44.4. The molecule has 1 saturated carbocycles. The van der Waals surface area contributed by atoms with E-state index in [9.17, 15) is 62.4 Å². The first-order valence-electron chi connectivity index (χ1n) is 26.1. The number of nitrogens with one attached hydrogen (secondary N) is 2. The number of likely N-dealkylation sites (tertiary alicyclic amines) is 1. The fraction of sp³-hybridized carbons (Fsp3) is 0.527. The van der Waals surface area contributed by atoms with E-state index in [1.54, 1.807) is 25.7 Å². The van der Waals surface area contributed by atoms with Crippen LogP contribution in [0.3, 0.4) is 0 Å². The van der Waals surface area contributed by atoms with Crippen LogP contribution in [0.2, 0.25) is 0 Å². The number of carbonyl (C=O) groups is 6. The maximum absolute atomic E-state index is 14.9. The van der Waals surface area contributed by atoms with Gasteiger partial charge in [-0.25, -0.2) is 0 Å². The maximum Gasteiger partial charge on any atom is 0.417 e. The van der Waals surface area contributed by atoms with E-state index >= 15 is 0 Å². The fourth-order valence-electron chi connectivity index (χ4n) is 10.3. The Morgan fingerprint density at radius 1 is 0.662 bits per heavy atom. The second-order valence-electron chi connectivity index (χ2n) is 20.0. The van der Waals surface area contributed by atoms with Crippen LogP contribution in [0.1, 0.15) is 72.8 Å². The molecule has 18 nitrogen and oxygen atoms in total. The molecule has 0 aromatic heterocycles. The molecule has 2 aliphatic heterocycles. The molecule has 22 heteroatoms. The van der Waals surface area contributed by atoms with Gasteiger partial charge in [-0.05, 0) is 97.9 Å². The molecule has 0 spiro atoms. The first kappa shape index (κ1) is 62.7. The normalized spacial score (nSPS) is 20.0. The second-order valence-corrected chi connectivity index (χ2v) is 20.0. The summed E-state index contributed by atoms with van der Waals surface area (Å²) in [7, 11) is 0. The smallest absolute Gasteiger partial charge is 0.417 e. The van der Waals surface area contributed by atoms with Crippen molar-refractivity contribution < 1.29 is 104 Å². The summed E-state index contributed by atoms with van der Waals surface area (Å²) >= 11 is 0. The minimum atomic E-state index is -4.74. The van der Waals surface area contributed by atoms with Crippen molar-refractivity contribution in [2.24, 2.45) is 11.8 Å². The number of carbonyl (C=O) groups excluding carboxylic acids is 2. The van der Waals surface area contributed by atoms with Gasteiger partial charge in [-0.1, -0.05) is 67.1 Å². The molecule has 3 aromatic carbocycles. The van der Waals surface area contributed by atoms with Gasteiger partial charge < -0.3 is 35.8 Å². The molecule has 2 saturated heterocycles. The summed E-state index contributed by atoms with van der Waals surface area (Å²) in [6, 6.07) is 16.9. The summed E-state index contributed by atoms with van der Waals surface area (Å²) in [6.45, 7) is 4.02. The minimum Gasteiger partial charge on any atom is -0.491 e. The van der Waals surface area contributed by atoms with Crippen LogP contribution in [-0.4, -0.2) is 191 Å². The summed E-state index contributed by atoms with van der Waals surface area (Å²) in [4.78, 5) is 82.4. The Morgan fingerprint density at radius 3 is 1.77 bits per heavy atom. The van der Waals surface area contributed by atoms with Gasteiger partial charge in [0, 0.05) is 114 Å².